The highest BCUT2D eigenvalue weighted by atomic mass is 32.2. The number of sulfonamides is 1. The third-order valence-electron chi connectivity index (χ3n) is 5.67. The molecule has 0 saturated heterocycles. The average Bonchev–Trinajstić information content (AvgIpc) is 3.23. The Morgan fingerprint density at radius 3 is 2.20 bits per heavy atom. The van der Waals surface area contributed by atoms with Gasteiger partial charge in [-0.2, -0.15) is 5.10 Å². The lowest BCUT2D eigenvalue weighted by molar-refractivity contribution is 0.0998. The molecule has 0 atom stereocenters. The summed E-state index contributed by atoms with van der Waals surface area (Å²) < 4.78 is 27.8. The van der Waals surface area contributed by atoms with Crippen LogP contribution in [0.4, 0.5) is 5.69 Å². The van der Waals surface area contributed by atoms with E-state index < -0.39 is 15.9 Å². The number of aromatic nitrogens is 2. The Morgan fingerprint density at radius 2 is 1.57 bits per heavy atom. The number of hydrogen-bond acceptors (Lipinski definition) is 5. The van der Waals surface area contributed by atoms with Crippen molar-refractivity contribution in [1.82, 2.24) is 10.2 Å². The monoisotopic (exact) mass is 490 g/mol. The number of nitrogens with two attached hydrogens (primary N) is 1. The predicted octanol–water partition coefficient (Wildman–Crippen LogP) is 3.70. The van der Waals surface area contributed by atoms with E-state index in [9.17, 15) is 18.3 Å². The Morgan fingerprint density at radius 1 is 0.943 bits per heavy atom. The van der Waals surface area contributed by atoms with Gasteiger partial charge in [0.05, 0.1) is 21.8 Å². The topological polar surface area (TPSA) is 138 Å². The van der Waals surface area contributed by atoms with Gasteiger partial charge in [-0.1, -0.05) is 42.0 Å². The summed E-state index contributed by atoms with van der Waals surface area (Å²) in [7, 11) is -3.69. The van der Waals surface area contributed by atoms with Gasteiger partial charge in [0, 0.05) is 12.1 Å². The minimum Gasteiger partial charge on any atom is -0.508 e. The van der Waals surface area contributed by atoms with Crippen molar-refractivity contribution in [2.75, 3.05) is 4.72 Å². The lowest BCUT2D eigenvalue weighted by Gasteiger charge is -2.09. The van der Waals surface area contributed by atoms with Crippen LogP contribution in [-0.2, 0) is 29.3 Å². The molecular weight excluding hydrogens is 464 g/mol. The molecule has 0 unspecified atom stereocenters. The van der Waals surface area contributed by atoms with Crippen LogP contribution >= 0.6 is 0 Å². The van der Waals surface area contributed by atoms with Crippen molar-refractivity contribution in [3.8, 4) is 5.75 Å². The minimum absolute atomic E-state index is 0.190. The van der Waals surface area contributed by atoms with Gasteiger partial charge in [0.15, 0.2) is 0 Å². The molecule has 0 saturated carbocycles. The summed E-state index contributed by atoms with van der Waals surface area (Å²) in [4.78, 5) is 12.4. The van der Waals surface area contributed by atoms with Crippen LogP contribution in [0.15, 0.2) is 77.7 Å². The normalized spacial score (nSPS) is 11.3. The number of carbonyl (C=O) groups excluding carboxylic acids is 1. The summed E-state index contributed by atoms with van der Waals surface area (Å²) in [5.41, 5.74) is 10.5. The molecule has 0 fully saturated rings. The Kier molecular flexibility index (Phi) is 6.88. The summed E-state index contributed by atoms with van der Waals surface area (Å²) in [6.07, 6.45) is 1.54. The van der Waals surface area contributed by atoms with Gasteiger partial charge >= 0.3 is 0 Å². The van der Waals surface area contributed by atoms with E-state index in [1.165, 1.54) is 0 Å². The molecule has 9 heteroatoms. The summed E-state index contributed by atoms with van der Waals surface area (Å²) in [6, 6.07) is 20.4. The number of benzene rings is 3. The maximum Gasteiger partial charge on any atom is 0.261 e. The second-order valence-corrected chi connectivity index (χ2v) is 10.0. The first kappa shape index (κ1) is 24.0. The Labute approximate surface area is 203 Å². The van der Waals surface area contributed by atoms with E-state index in [0.717, 1.165) is 16.7 Å². The van der Waals surface area contributed by atoms with Crippen LogP contribution in [-0.4, -0.2) is 29.6 Å². The number of rotatable bonds is 9. The molecule has 180 valence electrons. The van der Waals surface area contributed by atoms with Crippen LogP contribution in [0.5, 0.6) is 5.75 Å². The van der Waals surface area contributed by atoms with Crippen LogP contribution in [0.1, 0.15) is 38.4 Å². The quantitative estimate of drug-likeness (QED) is 0.283. The fourth-order valence-electron chi connectivity index (χ4n) is 3.77. The third kappa shape index (κ3) is 5.88. The number of primary amides is 1. The predicted molar refractivity (Wildman–Crippen MR) is 134 cm³/mol. The van der Waals surface area contributed by atoms with Crippen molar-refractivity contribution < 1.29 is 18.3 Å². The number of aromatic amines is 1. The molecule has 3 aromatic carbocycles. The molecule has 8 nitrogen and oxygen atoms in total. The number of H-pyrrole nitrogens is 1. The molecule has 0 bridgehead atoms. The van der Waals surface area contributed by atoms with Crippen molar-refractivity contribution >= 4 is 21.6 Å². The third-order valence-corrected chi connectivity index (χ3v) is 7.06. The van der Waals surface area contributed by atoms with Gasteiger partial charge in [-0.15, -0.1) is 0 Å². The number of phenols is 1. The first-order chi connectivity index (χ1) is 16.7. The smallest absolute Gasteiger partial charge is 0.261 e. The highest BCUT2D eigenvalue weighted by molar-refractivity contribution is 7.92. The maximum absolute atomic E-state index is 12.6. The molecular formula is C26H26N4O4S. The molecule has 4 aromatic rings. The van der Waals surface area contributed by atoms with E-state index >= 15 is 0 Å². The molecule has 1 heterocycles. The summed E-state index contributed by atoms with van der Waals surface area (Å²) in [5.74, 6) is -0.362. The maximum atomic E-state index is 12.6. The number of hydrogen-bond donors (Lipinski definition) is 4. The fraction of sp³-hybridized carbons (Fsp3) is 0.154. The van der Waals surface area contributed by atoms with Crippen LogP contribution in [0, 0.1) is 6.92 Å². The van der Waals surface area contributed by atoms with Crippen molar-refractivity contribution in [1.29, 1.82) is 0 Å². The van der Waals surface area contributed by atoms with E-state index in [0.29, 0.717) is 41.9 Å². The molecule has 35 heavy (non-hydrogen) atoms. The zero-order valence-corrected chi connectivity index (χ0v) is 20.0. The van der Waals surface area contributed by atoms with Gasteiger partial charge in [-0.05, 0) is 67.3 Å². The van der Waals surface area contributed by atoms with E-state index in [1.54, 1.807) is 60.7 Å². The molecule has 0 aliphatic heterocycles. The van der Waals surface area contributed by atoms with E-state index in [2.05, 4.69) is 14.9 Å². The molecule has 0 aliphatic carbocycles. The Hall–Kier alpha value is -4.11. The van der Waals surface area contributed by atoms with Gasteiger partial charge in [-0.25, -0.2) is 8.42 Å². The van der Waals surface area contributed by atoms with Crippen molar-refractivity contribution in [2.24, 2.45) is 5.73 Å². The first-order valence-electron chi connectivity index (χ1n) is 11.0. The number of nitrogens with one attached hydrogen (secondary N) is 2. The van der Waals surface area contributed by atoms with E-state index in [1.807, 2.05) is 19.1 Å². The number of amides is 1. The van der Waals surface area contributed by atoms with Crippen molar-refractivity contribution in [2.45, 2.75) is 31.1 Å². The SMILES string of the molecule is Cc1ccc(S(=O)(=O)Nc2ccc(Cc3[nH]nc(CCc4ccc(O)cc4)c3C(N)=O)cc2)cc1. The molecule has 0 radical (unpaired) electrons. The number of anilines is 1. The zero-order valence-electron chi connectivity index (χ0n) is 19.2. The highest BCUT2D eigenvalue weighted by Crippen LogP contribution is 2.21. The number of carbonyl (C=O) groups is 1. The fourth-order valence-corrected chi connectivity index (χ4v) is 4.83. The van der Waals surface area contributed by atoms with E-state index in [4.69, 9.17) is 5.73 Å². The van der Waals surface area contributed by atoms with Gasteiger partial charge in [0.1, 0.15) is 5.75 Å². The number of aromatic hydroxyl groups is 1. The molecule has 5 N–H and O–H groups in total. The molecule has 4 rings (SSSR count). The lowest BCUT2D eigenvalue weighted by atomic mass is 10.0. The van der Waals surface area contributed by atoms with Gasteiger partial charge in [0.25, 0.3) is 15.9 Å². The second kappa shape index (κ2) is 10.0. The lowest BCUT2D eigenvalue weighted by Crippen LogP contribution is -2.15. The Balaban J connectivity index is 1.45. The van der Waals surface area contributed by atoms with Crippen molar-refractivity contribution in [3.05, 3.63) is 106 Å². The standard InChI is InChI=1S/C26H26N4O4S/c1-17-2-13-22(14-3-17)35(33,34)30-20-9-4-19(5-10-20)16-24-25(26(27)32)23(28-29-24)15-8-18-6-11-21(31)12-7-18/h2-7,9-14,30-31H,8,15-16H2,1H3,(H2,27,32)(H,28,29). The molecule has 1 amide bonds. The molecule has 0 spiro atoms. The molecule has 1 aromatic heterocycles. The van der Waals surface area contributed by atoms with Gasteiger partial charge in [-0.3, -0.25) is 14.6 Å². The number of aryl methyl sites for hydroxylation is 3. The summed E-state index contributed by atoms with van der Waals surface area (Å²) in [6.45, 7) is 1.89. The zero-order chi connectivity index (χ0) is 25.0. The number of nitrogens with zero attached hydrogens (tertiary/aromatic N) is 1. The summed E-state index contributed by atoms with van der Waals surface area (Å²) in [5, 5.41) is 16.7. The second-order valence-electron chi connectivity index (χ2n) is 8.35. The molecule has 0 aliphatic rings. The Bertz CT molecular complexity index is 1430. The van der Waals surface area contributed by atoms with Crippen LogP contribution in [0.3, 0.4) is 0 Å². The summed E-state index contributed by atoms with van der Waals surface area (Å²) >= 11 is 0. The highest BCUT2D eigenvalue weighted by Gasteiger charge is 2.19. The minimum atomic E-state index is -3.69. The first-order valence-corrected chi connectivity index (χ1v) is 12.5. The average molecular weight is 491 g/mol. The van der Waals surface area contributed by atoms with Crippen LogP contribution < -0.4 is 10.5 Å². The van der Waals surface area contributed by atoms with Gasteiger partial charge < -0.3 is 10.8 Å². The van der Waals surface area contributed by atoms with Crippen molar-refractivity contribution in [3.63, 3.8) is 0 Å². The largest absolute Gasteiger partial charge is 0.508 e. The van der Waals surface area contributed by atoms with E-state index in [-0.39, 0.29) is 10.6 Å². The van der Waals surface area contributed by atoms with Crippen LogP contribution in [0.25, 0.3) is 0 Å². The number of phenolic OH excluding ortho intramolecular Hbond substituents is 1. The van der Waals surface area contributed by atoms with Gasteiger partial charge in [0.2, 0.25) is 0 Å². The van der Waals surface area contributed by atoms with Crippen LogP contribution in [0.2, 0.25) is 0 Å².